The van der Waals surface area contributed by atoms with Crippen molar-refractivity contribution in [2.45, 2.75) is 45.8 Å². The summed E-state index contributed by atoms with van der Waals surface area (Å²) >= 11 is 0. The molecular formula is C14H22N2O4. The standard InChI is InChI=1S/C14H22N2O4/c1-6-14(3,4)20-13-8-11(16(17)18)10(9(2)15)7-12(13)19-5/h7-9H,6,15H2,1-5H3. The van der Waals surface area contributed by atoms with Crippen LogP contribution >= 0.6 is 0 Å². The van der Waals surface area contributed by atoms with Crippen LogP contribution in [0, 0.1) is 10.1 Å². The number of benzene rings is 1. The third kappa shape index (κ3) is 3.60. The van der Waals surface area contributed by atoms with E-state index in [-0.39, 0.29) is 5.69 Å². The Morgan fingerprint density at radius 3 is 2.40 bits per heavy atom. The summed E-state index contributed by atoms with van der Waals surface area (Å²) in [5, 5.41) is 11.2. The van der Waals surface area contributed by atoms with E-state index >= 15 is 0 Å². The van der Waals surface area contributed by atoms with Gasteiger partial charge in [-0.1, -0.05) is 6.92 Å². The summed E-state index contributed by atoms with van der Waals surface area (Å²) < 4.78 is 11.1. The second-order valence-electron chi connectivity index (χ2n) is 5.32. The van der Waals surface area contributed by atoms with E-state index < -0.39 is 16.6 Å². The first-order chi connectivity index (χ1) is 9.21. The van der Waals surface area contributed by atoms with Crippen LogP contribution in [0.25, 0.3) is 0 Å². The Morgan fingerprint density at radius 1 is 1.40 bits per heavy atom. The summed E-state index contributed by atoms with van der Waals surface area (Å²) in [5.41, 5.74) is 5.72. The molecule has 0 spiro atoms. The third-order valence-corrected chi connectivity index (χ3v) is 3.24. The van der Waals surface area contributed by atoms with Crippen LogP contribution < -0.4 is 15.2 Å². The van der Waals surface area contributed by atoms with Crippen molar-refractivity contribution in [3.8, 4) is 11.5 Å². The minimum atomic E-state index is -0.461. The number of hydrogen-bond acceptors (Lipinski definition) is 5. The largest absolute Gasteiger partial charge is 0.493 e. The molecule has 6 nitrogen and oxygen atoms in total. The summed E-state index contributed by atoms with van der Waals surface area (Å²) in [5.74, 6) is 0.805. The molecule has 0 aliphatic heterocycles. The van der Waals surface area contributed by atoms with Gasteiger partial charge in [0.15, 0.2) is 11.5 Å². The first-order valence-electron chi connectivity index (χ1n) is 6.52. The predicted molar refractivity (Wildman–Crippen MR) is 77.2 cm³/mol. The van der Waals surface area contributed by atoms with Crippen molar-refractivity contribution in [3.05, 3.63) is 27.8 Å². The topological polar surface area (TPSA) is 87.6 Å². The number of methoxy groups -OCH3 is 1. The molecule has 1 unspecified atom stereocenters. The lowest BCUT2D eigenvalue weighted by atomic mass is 10.0. The fraction of sp³-hybridized carbons (Fsp3) is 0.571. The number of hydrogen-bond donors (Lipinski definition) is 1. The zero-order valence-corrected chi connectivity index (χ0v) is 12.6. The molecule has 0 aliphatic rings. The number of ether oxygens (including phenoxy) is 2. The Bertz CT molecular complexity index is 498. The second-order valence-corrected chi connectivity index (χ2v) is 5.32. The summed E-state index contributed by atoms with van der Waals surface area (Å²) in [6.07, 6.45) is 0.763. The average Bonchev–Trinajstić information content (AvgIpc) is 2.37. The van der Waals surface area contributed by atoms with Gasteiger partial charge < -0.3 is 15.2 Å². The molecule has 1 rings (SSSR count). The van der Waals surface area contributed by atoms with Gasteiger partial charge in [0.25, 0.3) is 5.69 Å². The molecule has 0 bridgehead atoms. The van der Waals surface area contributed by atoms with Gasteiger partial charge >= 0.3 is 0 Å². The molecule has 1 aromatic carbocycles. The smallest absolute Gasteiger partial charge is 0.278 e. The van der Waals surface area contributed by atoms with E-state index in [2.05, 4.69) is 0 Å². The zero-order valence-electron chi connectivity index (χ0n) is 12.6. The van der Waals surface area contributed by atoms with Gasteiger partial charge in [-0.05, 0) is 33.3 Å². The van der Waals surface area contributed by atoms with Crippen LogP contribution in [0.2, 0.25) is 0 Å². The van der Waals surface area contributed by atoms with Crippen molar-refractivity contribution < 1.29 is 14.4 Å². The van der Waals surface area contributed by atoms with E-state index in [9.17, 15) is 10.1 Å². The van der Waals surface area contributed by atoms with Gasteiger partial charge in [0, 0.05) is 6.04 Å². The zero-order chi connectivity index (χ0) is 15.5. The van der Waals surface area contributed by atoms with Gasteiger partial charge in [-0.2, -0.15) is 0 Å². The van der Waals surface area contributed by atoms with Crippen LogP contribution in [0.3, 0.4) is 0 Å². The van der Waals surface area contributed by atoms with E-state index in [4.69, 9.17) is 15.2 Å². The SMILES string of the molecule is CCC(C)(C)Oc1cc([N+](=O)[O-])c(C(C)N)cc1OC. The van der Waals surface area contributed by atoms with E-state index in [1.54, 1.807) is 13.0 Å². The number of rotatable bonds is 6. The highest BCUT2D eigenvalue weighted by atomic mass is 16.6. The van der Waals surface area contributed by atoms with Crippen molar-refractivity contribution in [1.82, 2.24) is 0 Å². The minimum Gasteiger partial charge on any atom is -0.493 e. The molecule has 0 heterocycles. The summed E-state index contributed by atoms with van der Waals surface area (Å²) in [6, 6.07) is 2.50. The molecule has 2 N–H and O–H groups in total. The summed E-state index contributed by atoms with van der Waals surface area (Å²) in [4.78, 5) is 10.7. The van der Waals surface area contributed by atoms with Crippen LogP contribution in [0.15, 0.2) is 12.1 Å². The molecular weight excluding hydrogens is 260 g/mol. The monoisotopic (exact) mass is 282 g/mol. The molecule has 0 aromatic heterocycles. The van der Waals surface area contributed by atoms with Crippen LogP contribution in [0.5, 0.6) is 11.5 Å². The number of nitrogens with two attached hydrogens (primary N) is 1. The van der Waals surface area contributed by atoms with Gasteiger partial charge in [-0.3, -0.25) is 10.1 Å². The van der Waals surface area contributed by atoms with Crippen molar-refractivity contribution in [3.63, 3.8) is 0 Å². The maximum atomic E-state index is 11.2. The summed E-state index contributed by atoms with van der Waals surface area (Å²) in [7, 11) is 1.50. The molecule has 0 aliphatic carbocycles. The Morgan fingerprint density at radius 2 is 2.00 bits per heavy atom. The molecule has 1 atom stereocenters. The van der Waals surface area contributed by atoms with Crippen LogP contribution in [-0.2, 0) is 0 Å². The maximum absolute atomic E-state index is 11.2. The van der Waals surface area contributed by atoms with Crippen molar-refractivity contribution in [2.24, 2.45) is 5.73 Å². The van der Waals surface area contributed by atoms with Crippen molar-refractivity contribution in [1.29, 1.82) is 0 Å². The number of nitro groups is 1. The van der Waals surface area contributed by atoms with Gasteiger partial charge in [0.2, 0.25) is 0 Å². The quantitative estimate of drug-likeness (QED) is 0.639. The molecule has 0 saturated heterocycles. The minimum absolute atomic E-state index is 0.0531. The molecule has 0 amide bonds. The molecule has 112 valence electrons. The van der Waals surface area contributed by atoms with E-state index in [1.165, 1.54) is 13.2 Å². The lowest BCUT2D eigenvalue weighted by Gasteiger charge is -2.26. The molecule has 0 fully saturated rings. The Labute approximate surface area is 119 Å². The van der Waals surface area contributed by atoms with Crippen molar-refractivity contribution >= 4 is 5.69 Å². The van der Waals surface area contributed by atoms with Crippen LogP contribution in [0.4, 0.5) is 5.69 Å². The first kappa shape index (κ1) is 16.2. The Kier molecular flexibility index (Phi) is 4.94. The first-order valence-corrected chi connectivity index (χ1v) is 6.52. The fourth-order valence-electron chi connectivity index (χ4n) is 1.70. The molecule has 6 heteroatoms. The highest BCUT2D eigenvalue weighted by Crippen LogP contribution is 2.38. The third-order valence-electron chi connectivity index (χ3n) is 3.24. The van der Waals surface area contributed by atoms with Crippen LogP contribution in [-0.4, -0.2) is 17.6 Å². The van der Waals surface area contributed by atoms with Crippen molar-refractivity contribution in [2.75, 3.05) is 7.11 Å². The molecule has 20 heavy (non-hydrogen) atoms. The summed E-state index contributed by atoms with van der Waals surface area (Å²) in [6.45, 7) is 7.50. The molecule has 1 aromatic rings. The van der Waals surface area contributed by atoms with Gasteiger partial charge in [-0.25, -0.2) is 0 Å². The Balaban J connectivity index is 3.37. The number of nitro benzene ring substituents is 1. The van der Waals surface area contributed by atoms with Gasteiger partial charge in [0.05, 0.1) is 23.7 Å². The van der Waals surface area contributed by atoms with E-state index in [1.807, 2.05) is 20.8 Å². The highest BCUT2D eigenvalue weighted by molar-refractivity contribution is 5.55. The fourth-order valence-corrected chi connectivity index (χ4v) is 1.70. The van der Waals surface area contributed by atoms with E-state index in [0.717, 1.165) is 6.42 Å². The molecule has 0 saturated carbocycles. The highest BCUT2D eigenvalue weighted by Gasteiger charge is 2.25. The Hall–Kier alpha value is -1.82. The van der Waals surface area contributed by atoms with Crippen LogP contribution in [0.1, 0.15) is 45.7 Å². The van der Waals surface area contributed by atoms with E-state index in [0.29, 0.717) is 17.1 Å². The number of nitrogens with zero attached hydrogens (tertiary/aromatic N) is 1. The second kappa shape index (κ2) is 6.09. The predicted octanol–water partition coefficient (Wildman–Crippen LogP) is 3.19. The lowest BCUT2D eigenvalue weighted by Crippen LogP contribution is -2.27. The maximum Gasteiger partial charge on any atom is 0.278 e. The molecule has 0 radical (unpaired) electrons. The van der Waals surface area contributed by atoms with Gasteiger partial charge in [0.1, 0.15) is 5.60 Å². The lowest BCUT2D eigenvalue weighted by molar-refractivity contribution is -0.385. The van der Waals surface area contributed by atoms with Gasteiger partial charge in [-0.15, -0.1) is 0 Å². The average molecular weight is 282 g/mol. The normalized spacial score (nSPS) is 12.9.